The van der Waals surface area contributed by atoms with Gasteiger partial charge >= 0.3 is 0 Å². The maximum atomic E-state index is 8.76. The molecule has 1 aromatic rings. The molecule has 4 nitrogen and oxygen atoms in total. The normalized spacial score (nSPS) is 16.9. The molecule has 1 aliphatic heterocycles. The van der Waals surface area contributed by atoms with Crippen LogP contribution in [0.25, 0.3) is 0 Å². The maximum Gasteiger partial charge on any atom is 0.142 e. The van der Waals surface area contributed by atoms with E-state index in [1.54, 1.807) is 6.20 Å². The standard InChI is InChI=1S/C11H13N3O/c12-9-10-8-11(2-3-13-10)14-4-1-6-15-7-5-14/h2-3,8H,1,4-7H2. The van der Waals surface area contributed by atoms with Gasteiger partial charge in [-0.05, 0) is 18.6 Å². The summed E-state index contributed by atoms with van der Waals surface area (Å²) in [6.07, 6.45) is 2.71. The van der Waals surface area contributed by atoms with E-state index in [4.69, 9.17) is 10.00 Å². The summed E-state index contributed by atoms with van der Waals surface area (Å²) in [7, 11) is 0. The summed E-state index contributed by atoms with van der Waals surface area (Å²) in [5.74, 6) is 0. The van der Waals surface area contributed by atoms with E-state index in [2.05, 4.69) is 16.0 Å². The molecule has 0 aromatic carbocycles. The topological polar surface area (TPSA) is 49.2 Å². The Labute approximate surface area is 89.1 Å². The van der Waals surface area contributed by atoms with Crippen molar-refractivity contribution in [1.29, 1.82) is 5.26 Å². The van der Waals surface area contributed by atoms with Gasteiger partial charge in [-0.15, -0.1) is 0 Å². The molecule has 0 bridgehead atoms. The van der Waals surface area contributed by atoms with Gasteiger partial charge in [-0.1, -0.05) is 0 Å². The molecule has 78 valence electrons. The molecule has 2 rings (SSSR count). The van der Waals surface area contributed by atoms with Crippen LogP contribution in [0, 0.1) is 11.3 Å². The van der Waals surface area contributed by atoms with Crippen LogP contribution in [0.15, 0.2) is 18.3 Å². The zero-order valence-electron chi connectivity index (χ0n) is 8.52. The molecular weight excluding hydrogens is 190 g/mol. The third-order valence-electron chi connectivity index (χ3n) is 2.45. The highest BCUT2D eigenvalue weighted by atomic mass is 16.5. The molecule has 15 heavy (non-hydrogen) atoms. The van der Waals surface area contributed by atoms with E-state index in [-0.39, 0.29) is 0 Å². The van der Waals surface area contributed by atoms with E-state index in [0.29, 0.717) is 5.69 Å². The Balaban J connectivity index is 2.16. The molecule has 0 amide bonds. The summed E-state index contributed by atoms with van der Waals surface area (Å²) >= 11 is 0. The number of anilines is 1. The van der Waals surface area contributed by atoms with Crippen molar-refractivity contribution in [3.8, 4) is 6.07 Å². The number of hydrogen-bond donors (Lipinski definition) is 0. The van der Waals surface area contributed by atoms with Gasteiger partial charge in [-0.3, -0.25) is 0 Å². The van der Waals surface area contributed by atoms with Crippen LogP contribution in [0.2, 0.25) is 0 Å². The molecule has 1 aromatic heterocycles. The number of pyridine rings is 1. The van der Waals surface area contributed by atoms with Crippen LogP contribution >= 0.6 is 0 Å². The van der Waals surface area contributed by atoms with Crippen LogP contribution in [-0.4, -0.2) is 31.3 Å². The summed E-state index contributed by atoms with van der Waals surface area (Å²) in [6.45, 7) is 3.45. The van der Waals surface area contributed by atoms with Gasteiger partial charge in [0.05, 0.1) is 6.61 Å². The maximum absolute atomic E-state index is 8.76. The lowest BCUT2D eigenvalue weighted by Gasteiger charge is -2.21. The van der Waals surface area contributed by atoms with Gasteiger partial charge in [0.1, 0.15) is 11.8 Å². The van der Waals surface area contributed by atoms with E-state index in [9.17, 15) is 0 Å². The molecule has 4 heteroatoms. The second-order valence-corrected chi connectivity index (χ2v) is 3.46. The van der Waals surface area contributed by atoms with Gasteiger partial charge in [-0.25, -0.2) is 4.98 Å². The van der Waals surface area contributed by atoms with Crippen molar-refractivity contribution in [2.75, 3.05) is 31.2 Å². The lowest BCUT2D eigenvalue weighted by molar-refractivity contribution is 0.152. The fourth-order valence-corrected chi connectivity index (χ4v) is 1.68. The number of hydrogen-bond acceptors (Lipinski definition) is 4. The number of nitrogens with zero attached hydrogens (tertiary/aromatic N) is 3. The molecule has 0 spiro atoms. The zero-order chi connectivity index (χ0) is 10.5. The Kier molecular flexibility index (Phi) is 3.15. The summed E-state index contributed by atoms with van der Waals surface area (Å²) in [6, 6.07) is 5.81. The van der Waals surface area contributed by atoms with Crippen LogP contribution in [0.5, 0.6) is 0 Å². The summed E-state index contributed by atoms with van der Waals surface area (Å²) in [4.78, 5) is 6.19. The van der Waals surface area contributed by atoms with Crippen LogP contribution in [0.4, 0.5) is 5.69 Å². The van der Waals surface area contributed by atoms with Gasteiger partial charge in [-0.2, -0.15) is 5.26 Å². The van der Waals surface area contributed by atoms with Crippen molar-refractivity contribution < 1.29 is 4.74 Å². The van der Waals surface area contributed by atoms with Crippen molar-refractivity contribution in [2.45, 2.75) is 6.42 Å². The number of rotatable bonds is 1. The third-order valence-corrected chi connectivity index (χ3v) is 2.45. The first-order valence-corrected chi connectivity index (χ1v) is 5.09. The van der Waals surface area contributed by atoms with E-state index in [0.717, 1.165) is 38.4 Å². The summed E-state index contributed by atoms with van der Waals surface area (Å²) < 4.78 is 5.38. The minimum atomic E-state index is 0.470. The van der Waals surface area contributed by atoms with Crippen molar-refractivity contribution >= 4 is 5.69 Å². The lowest BCUT2D eigenvalue weighted by atomic mass is 10.3. The molecule has 1 saturated heterocycles. The van der Waals surface area contributed by atoms with Crippen molar-refractivity contribution in [3.63, 3.8) is 0 Å². The molecule has 0 saturated carbocycles. The monoisotopic (exact) mass is 203 g/mol. The molecule has 0 aliphatic carbocycles. The second kappa shape index (κ2) is 4.76. The third kappa shape index (κ3) is 2.45. The Morgan fingerprint density at radius 3 is 3.20 bits per heavy atom. The van der Waals surface area contributed by atoms with E-state index < -0.39 is 0 Å². The highest BCUT2D eigenvalue weighted by molar-refractivity contribution is 5.48. The number of aromatic nitrogens is 1. The highest BCUT2D eigenvalue weighted by Gasteiger charge is 2.10. The molecule has 2 heterocycles. The van der Waals surface area contributed by atoms with E-state index >= 15 is 0 Å². The Morgan fingerprint density at radius 2 is 2.33 bits per heavy atom. The molecule has 0 radical (unpaired) electrons. The van der Waals surface area contributed by atoms with Gasteiger partial charge in [0.25, 0.3) is 0 Å². The van der Waals surface area contributed by atoms with Crippen molar-refractivity contribution in [2.24, 2.45) is 0 Å². The van der Waals surface area contributed by atoms with Gasteiger partial charge < -0.3 is 9.64 Å². The number of nitriles is 1. The van der Waals surface area contributed by atoms with Gasteiger partial charge in [0, 0.05) is 31.6 Å². The molecule has 0 N–H and O–H groups in total. The Hall–Kier alpha value is -1.60. The van der Waals surface area contributed by atoms with Crippen LogP contribution in [0.3, 0.4) is 0 Å². The average molecular weight is 203 g/mol. The summed E-state index contributed by atoms with van der Waals surface area (Å²) in [5, 5.41) is 8.76. The van der Waals surface area contributed by atoms with Crippen LogP contribution < -0.4 is 4.90 Å². The SMILES string of the molecule is N#Cc1cc(N2CCCOCC2)ccn1. The first-order valence-electron chi connectivity index (χ1n) is 5.09. The quantitative estimate of drug-likeness (QED) is 0.687. The largest absolute Gasteiger partial charge is 0.380 e. The predicted molar refractivity (Wildman–Crippen MR) is 56.6 cm³/mol. The Morgan fingerprint density at radius 1 is 1.40 bits per heavy atom. The van der Waals surface area contributed by atoms with E-state index in [1.165, 1.54) is 0 Å². The molecule has 1 fully saturated rings. The fourth-order valence-electron chi connectivity index (χ4n) is 1.68. The van der Waals surface area contributed by atoms with Gasteiger partial charge in [0.2, 0.25) is 0 Å². The van der Waals surface area contributed by atoms with Gasteiger partial charge in [0.15, 0.2) is 0 Å². The minimum Gasteiger partial charge on any atom is -0.380 e. The predicted octanol–water partition coefficient (Wildman–Crippen LogP) is 1.18. The van der Waals surface area contributed by atoms with Crippen LogP contribution in [0.1, 0.15) is 12.1 Å². The van der Waals surface area contributed by atoms with Crippen LogP contribution in [-0.2, 0) is 4.74 Å². The fraction of sp³-hybridized carbons (Fsp3) is 0.455. The first-order chi connectivity index (χ1) is 7.40. The minimum absolute atomic E-state index is 0.470. The molecule has 1 aliphatic rings. The average Bonchev–Trinajstić information content (AvgIpc) is 2.58. The number of ether oxygens (including phenoxy) is 1. The summed E-state index contributed by atoms with van der Waals surface area (Å²) in [5.41, 5.74) is 1.53. The van der Waals surface area contributed by atoms with Crippen molar-refractivity contribution in [1.82, 2.24) is 4.98 Å². The smallest absolute Gasteiger partial charge is 0.142 e. The highest BCUT2D eigenvalue weighted by Crippen LogP contribution is 2.15. The first kappa shape index (κ1) is 9.94. The second-order valence-electron chi connectivity index (χ2n) is 3.46. The molecule has 0 atom stereocenters. The zero-order valence-corrected chi connectivity index (χ0v) is 8.52. The molecule has 0 unspecified atom stereocenters. The lowest BCUT2D eigenvalue weighted by Crippen LogP contribution is -2.25. The van der Waals surface area contributed by atoms with Crippen molar-refractivity contribution in [3.05, 3.63) is 24.0 Å². The van der Waals surface area contributed by atoms with E-state index in [1.807, 2.05) is 12.1 Å². The molecular formula is C11H13N3O. The Bertz CT molecular complexity index is 364.